The second-order valence-electron chi connectivity index (χ2n) is 8.73. The Labute approximate surface area is 203 Å². The second-order valence-corrected chi connectivity index (χ2v) is 8.73. The number of aromatic nitrogens is 2. The fraction of sp³-hybridized carbons (Fsp3) is 0.185. The quantitative estimate of drug-likeness (QED) is 0.186. The number of aliphatic imine (C=N–C) groups is 1. The van der Waals surface area contributed by atoms with E-state index in [-0.39, 0.29) is 11.9 Å². The molecule has 35 heavy (non-hydrogen) atoms. The van der Waals surface area contributed by atoms with Crippen LogP contribution in [0.1, 0.15) is 31.1 Å². The largest absolute Gasteiger partial charge is 0.432 e. The van der Waals surface area contributed by atoms with E-state index in [0.29, 0.717) is 35.3 Å². The van der Waals surface area contributed by atoms with E-state index in [1.54, 1.807) is 34.9 Å². The summed E-state index contributed by atoms with van der Waals surface area (Å²) >= 11 is 0. The Kier molecular flexibility index (Phi) is 6.95. The average Bonchev–Trinajstić information content (AvgIpc) is 3.45. The van der Waals surface area contributed by atoms with Crippen LogP contribution in [0.3, 0.4) is 0 Å². The maximum Gasteiger partial charge on any atom is 0.306 e. The molecule has 0 saturated heterocycles. The zero-order valence-electron chi connectivity index (χ0n) is 19.8. The summed E-state index contributed by atoms with van der Waals surface area (Å²) in [4.78, 5) is 9.26. The van der Waals surface area contributed by atoms with Crippen molar-refractivity contribution in [2.24, 2.45) is 16.5 Å². The Balaban J connectivity index is 1.63. The van der Waals surface area contributed by atoms with Gasteiger partial charge in [0.05, 0.1) is 12.2 Å². The van der Waals surface area contributed by atoms with Gasteiger partial charge < -0.3 is 21.2 Å². The van der Waals surface area contributed by atoms with Gasteiger partial charge in [-0.25, -0.2) is 9.38 Å². The molecule has 1 atom stereocenters. The van der Waals surface area contributed by atoms with Gasteiger partial charge in [-0.15, -0.1) is 0 Å². The van der Waals surface area contributed by atoms with Gasteiger partial charge >= 0.3 is 5.84 Å². The highest BCUT2D eigenvalue weighted by Crippen LogP contribution is 2.31. The molecule has 7 nitrogen and oxygen atoms in total. The first-order valence-corrected chi connectivity index (χ1v) is 11.2. The fourth-order valence-electron chi connectivity index (χ4n) is 3.82. The van der Waals surface area contributed by atoms with Crippen LogP contribution in [0.2, 0.25) is 0 Å². The van der Waals surface area contributed by atoms with Crippen LogP contribution in [-0.2, 0) is 0 Å². The normalized spacial score (nSPS) is 13.8. The number of hydrogen-bond acceptors (Lipinski definition) is 5. The molecular weight excluding hydrogens is 443 g/mol. The minimum Gasteiger partial charge on any atom is -0.432 e. The van der Waals surface area contributed by atoms with Crippen LogP contribution in [0.25, 0.3) is 22.8 Å². The molecule has 0 bridgehead atoms. The first-order chi connectivity index (χ1) is 16.8. The van der Waals surface area contributed by atoms with Crippen molar-refractivity contribution >= 4 is 17.4 Å². The van der Waals surface area contributed by atoms with Crippen molar-refractivity contribution in [2.45, 2.75) is 25.4 Å². The molecular formula is C27H29FN6O. The molecule has 5 N–H and O–H groups in total. The van der Waals surface area contributed by atoms with Gasteiger partial charge in [0, 0.05) is 23.3 Å². The number of nitrogens with one attached hydrogen (secondary N) is 1. The number of nitrogens with two attached hydrogens (primary N) is 2. The predicted octanol–water partition coefficient (Wildman–Crippen LogP) is 4.69. The minimum atomic E-state index is -0.447. The highest BCUT2D eigenvalue weighted by molar-refractivity contribution is 5.90. The number of amidine groups is 1. The Hall–Kier alpha value is -4.01. The smallest absolute Gasteiger partial charge is 0.306 e. The number of allylic oxidation sites excluding steroid dienone is 2. The molecule has 2 heterocycles. The van der Waals surface area contributed by atoms with Gasteiger partial charge in [0.1, 0.15) is 29.3 Å². The van der Waals surface area contributed by atoms with E-state index in [9.17, 15) is 4.39 Å². The Bertz CT molecular complexity index is 1370. The van der Waals surface area contributed by atoms with Crippen molar-refractivity contribution in [3.05, 3.63) is 103 Å². The summed E-state index contributed by atoms with van der Waals surface area (Å²) in [7, 11) is 0. The van der Waals surface area contributed by atoms with Crippen LogP contribution in [-0.4, -0.2) is 27.3 Å². The maximum atomic E-state index is 13.5. The number of fused-ring (bicyclic) bond motifs is 1. The lowest BCUT2D eigenvalue weighted by Crippen LogP contribution is -2.51. The number of halogens is 1. The van der Waals surface area contributed by atoms with E-state index in [4.69, 9.17) is 15.9 Å². The minimum absolute atomic E-state index is 0.245. The summed E-state index contributed by atoms with van der Waals surface area (Å²) in [6, 6.07) is 15.7. The highest BCUT2D eigenvalue weighted by atomic mass is 19.1. The van der Waals surface area contributed by atoms with Crippen molar-refractivity contribution in [3.63, 3.8) is 0 Å². The summed E-state index contributed by atoms with van der Waals surface area (Å²) in [5, 5.41) is 3.42. The van der Waals surface area contributed by atoms with Crippen molar-refractivity contribution in [1.29, 1.82) is 0 Å². The van der Waals surface area contributed by atoms with E-state index in [2.05, 4.69) is 21.9 Å². The molecule has 0 radical (unpaired) electrons. The number of nitrogens with zero attached hydrogens (tertiary/aromatic N) is 3. The molecule has 0 aliphatic rings. The molecule has 2 aromatic carbocycles. The van der Waals surface area contributed by atoms with Crippen molar-refractivity contribution in [2.75, 3.05) is 6.54 Å². The predicted molar refractivity (Wildman–Crippen MR) is 138 cm³/mol. The van der Waals surface area contributed by atoms with Crippen LogP contribution in [0.5, 0.6) is 0 Å². The number of hydrogen-bond donors (Lipinski definition) is 3. The maximum absolute atomic E-state index is 13.5. The number of benzene rings is 2. The molecule has 180 valence electrons. The van der Waals surface area contributed by atoms with E-state index in [1.807, 2.05) is 44.2 Å². The Morgan fingerprint density at radius 1 is 1.23 bits per heavy atom. The lowest BCUT2D eigenvalue weighted by molar-refractivity contribution is 0.339. The SMILES string of the molecule is C=C/C=C(\N=C(N)CNC(C)(C)C(N)c1ccccc1)c1c(-c2ccc(F)cc2)nc2occn12. The van der Waals surface area contributed by atoms with E-state index >= 15 is 0 Å². The van der Waals surface area contributed by atoms with E-state index in [1.165, 1.54) is 18.4 Å². The van der Waals surface area contributed by atoms with Crippen LogP contribution in [0.15, 0.2) is 95.2 Å². The summed E-state index contributed by atoms with van der Waals surface area (Å²) in [6.45, 7) is 8.18. The molecule has 0 amide bonds. The lowest BCUT2D eigenvalue weighted by atomic mass is 9.89. The Morgan fingerprint density at radius 2 is 1.94 bits per heavy atom. The van der Waals surface area contributed by atoms with Crippen molar-refractivity contribution in [3.8, 4) is 11.3 Å². The summed E-state index contributed by atoms with van der Waals surface area (Å²) < 4.78 is 20.8. The van der Waals surface area contributed by atoms with E-state index in [0.717, 1.165) is 11.1 Å². The second kappa shape index (κ2) is 10.1. The fourth-order valence-corrected chi connectivity index (χ4v) is 3.82. The number of imidazole rings is 1. The first-order valence-electron chi connectivity index (χ1n) is 11.2. The van der Waals surface area contributed by atoms with Gasteiger partial charge in [-0.3, -0.25) is 4.40 Å². The van der Waals surface area contributed by atoms with Gasteiger partial charge in [0.15, 0.2) is 0 Å². The molecule has 0 fully saturated rings. The summed E-state index contributed by atoms with van der Waals surface area (Å²) in [5.74, 6) is 0.413. The number of oxazole rings is 1. The van der Waals surface area contributed by atoms with Crippen molar-refractivity contribution in [1.82, 2.24) is 14.7 Å². The van der Waals surface area contributed by atoms with Crippen LogP contribution in [0.4, 0.5) is 4.39 Å². The lowest BCUT2D eigenvalue weighted by Gasteiger charge is -2.33. The van der Waals surface area contributed by atoms with Gasteiger partial charge in [-0.1, -0.05) is 43.0 Å². The summed E-state index contributed by atoms with van der Waals surface area (Å²) in [5.41, 5.74) is 16.0. The third kappa shape index (κ3) is 5.24. The third-order valence-electron chi connectivity index (χ3n) is 5.82. The monoisotopic (exact) mass is 472 g/mol. The van der Waals surface area contributed by atoms with Crippen molar-refractivity contribution < 1.29 is 8.81 Å². The van der Waals surface area contributed by atoms with Gasteiger partial charge in [0.25, 0.3) is 0 Å². The average molecular weight is 473 g/mol. The van der Waals surface area contributed by atoms with Gasteiger partial charge in [-0.05, 0) is 49.8 Å². The van der Waals surface area contributed by atoms with Crippen LogP contribution < -0.4 is 16.8 Å². The molecule has 8 heteroatoms. The molecule has 0 aliphatic heterocycles. The topological polar surface area (TPSA) is 107 Å². The first kappa shape index (κ1) is 24.1. The summed E-state index contributed by atoms with van der Waals surface area (Å²) in [6.07, 6.45) is 6.65. The molecule has 4 rings (SSSR count). The standard InChI is InChI=1S/C27H29FN6O/c1-4-8-21(32-22(29)17-31-27(2,3)25(30)19-9-6-5-7-10-19)24-23(18-11-13-20(28)14-12-18)33-26-34(24)15-16-35-26/h4-16,25,31H,1,17,30H2,2-3H3,(H2,29,32)/b21-8-. The number of rotatable bonds is 9. The van der Waals surface area contributed by atoms with Crippen LogP contribution >= 0.6 is 0 Å². The molecule has 2 aromatic heterocycles. The van der Waals surface area contributed by atoms with Crippen LogP contribution in [0, 0.1) is 5.82 Å². The van der Waals surface area contributed by atoms with Gasteiger partial charge in [-0.2, -0.15) is 4.98 Å². The highest BCUT2D eigenvalue weighted by Gasteiger charge is 2.27. The Morgan fingerprint density at radius 3 is 2.63 bits per heavy atom. The molecule has 0 aliphatic carbocycles. The third-order valence-corrected chi connectivity index (χ3v) is 5.82. The molecule has 1 unspecified atom stereocenters. The zero-order valence-corrected chi connectivity index (χ0v) is 19.8. The van der Waals surface area contributed by atoms with E-state index < -0.39 is 5.54 Å². The molecule has 0 saturated carbocycles. The molecule has 4 aromatic rings. The zero-order chi connectivity index (χ0) is 25.0. The molecule has 0 spiro atoms. The van der Waals surface area contributed by atoms with Gasteiger partial charge in [0.2, 0.25) is 0 Å².